The van der Waals surface area contributed by atoms with Gasteiger partial charge in [-0.3, -0.25) is 4.79 Å². The number of aromatic carboxylic acids is 1. The lowest BCUT2D eigenvalue weighted by Gasteiger charge is -2.08. The zero-order chi connectivity index (χ0) is 15.4. The normalized spacial score (nSPS) is 10.2. The fraction of sp³-hybridized carbons (Fsp3) is 0.143. The number of nitrogens with one attached hydrogen (secondary N) is 2. The van der Waals surface area contributed by atoms with E-state index in [1.54, 1.807) is 29.6 Å². The molecule has 0 radical (unpaired) electrons. The number of benzene rings is 1. The molecule has 110 valence electrons. The minimum absolute atomic E-state index is 0.257. The van der Waals surface area contributed by atoms with Crippen molar-refractivity contribution in [3.8, 4) is 0 Å². The standard InChI is InChI=1S/C14H13ClN2O3S/c1-16-13(18)11-5-9(2-3-12(11)15)17-6-10-4-8(7-21-10)14(19)20/h2-5,7,17H,6H2,1H3,(H,16,18)(H,19,20). The number of carbonyl (C=O) groups excluding carboxylic acids is 1. The van der Waals surface area contributed by atoms with Gasteiger partial charge in [-0.15, -0.1) is 11.3 Å². The van der Waals surface area contributed by atoms with E-state index in [-0.39, 0.29) is 11.5 Å². The van der Waals surface area contributed by atoms with Gasteiger partial charge in [0.1, 0.15) is 0 Å². The summed E-state index contributed by atoms with van der Waals surface area (Å²) in [5.41, 5.74) is 1.41. The number of hydrogen-bond donors (Lipinski definition) is 3. The van der Waals surface area contributed by atoms with E-state index >= 15 is 0 Å². The molecule has 0 saturated carbocycles. The lowest BCUT2D eigenvalue weighted by Crippen LogP contribution is -2.18. The highest BCUT2D eigenvalue weighted by atomic mass is 35.5. The molecule has 1 amide bonds. The van der Waals surface area contributed by atoms with E-state index in [4.69, 9.17) is 16.7 Å². The number of thiophene rings is 1. The Morgan fingerprint density at radius 3 is 2.71 bits per heavy atom. The van der Waals surface area contributed by atoms with Crippen molar-refractivity contribution in [2.45, 2.75) is 6.54 Å². The van der Waals surface area contributed by atoms with Gasteiger partial charge < -0.3 is 15.7 Å². The Kier molecular flexibility index (Phi) is 4.82. The largest absolute Gasteiger partial charge is 0.478 e. The minimum atomic E-state index is -0.939. The molecule has 21 heavy (non-hydrogen) atoms. The number of carboxylic acid groups (broad SMARTS) is 1. The highest BCUT2D eigenvalue weighted by Gasteiger charge is 2.10. The summed E-state index contributed by atoms with van der Waals surface area (Å²) in [5.74, 6) is -1.20. The van der Waals surface area contributed by atoms with Crippen molar-refractivity contribution in [1.29, 1.82) is 0 Å². The molecule has 5 nitrogen and oxygen atoms in total. The van der Waals surface area contributed by atoms with Gasteiger partial charge in [-0.2, -0.15) is 0 Å². The predicted octanol–water partition coefficient (Wildman–Crippen LogP) is 3.07. The monoisotopic (exact) mass is 324 g/mol. The third-order valence-corrected chi connectivity index (χ3v) is 4.07. The van der Waals surface area contributed by atoms with Crippen LogP contribution in [0.3, 0.4) is 0 Å². The van der Waals surface area contributed by atoms with E-state index in [0.29, 0.717) is 17.1 Å². The van der Waals surface area contributed by atoms with Crippen LogP contribution >= 0.6 is 22.9 Å². The second-order valence-electron chi connectivity index (χ2n) is 4.23. The fourth-order valence-electron chi connectivity index (χ4n) is 1.72. The van der Waals surface area contributed by atoms with Crippen molar-refractivity contribution < 1.29 is 14.7 Å². The average Bonchev–Trinajstić information content (AvgIpc) is 2.94. The Morgan fingerprint density at radius 1 is 1.33 bits per heavy atom. The Balaban J connectivity index is 2.09. The smallest absolute Gasteiger partial charge is 0.336 e. The van der Waals surface area contributed by atoms with Crippen LogP contribution in [0.1, 0.15) is 25.6 Å². The summed E-state index contributed by atoms with van der Waals surface area (Å²) < 4.78 is 0. The van der Waals surface area contributed by atoms with Crippen LogP contribution < -0.4 is 10.6 Å². The third kappa shape index (κ3) is 3.74. The molecule has 0 spiro atoms. The lowest BCUT2D eigenvalue weighted by atomic mass is 10.2. The molecule has 0 aliphatic heterocycles. The van der Waals surface area contributed by atoms with E-state index in [9.17, 15) is 9.59 Å². The van der Waals surface area contributed by atoms with Crippen molar-refractivity contribution >= 4 is 40.5 Å². The zero-order valence-electron chi connectivity index (χ0n) is 11.1. The first-order chi connectivity index (χ1) is 10.0. The molecule has 3 N–H and O–H groups in total. The predicted molar refractivity (Wildman–Crippen MR) is 83.4 cm³/mol. The summed E-state index contributed by atoms with van der Waals surface area (Å²) in [6.07, 6.45) is 0. The van der Waals surface area contributed by atoms with E-state index in [1.807, 2.05) is 0 Å². The fourth-order valence-corrected chi connectivity index (χ4v) is 2.72. The van der Waals surface area contributed by atoms with Crippen LogP contribution in [0.2, 0.25) is 5.02 Å². The van der Waals surface area contributed by atoms with Gasteiger partial charge in [0.15, 0.2) is 0 Å². The van der Waals surface area contributed by atoms with Crippen molar-refractivity contribution in [2.75, 3.05) is 12.4 Å². The van der Waals surface area contributed by atoms with Crippen LogP contribution in [0.15, 0.2) is 29.6 Å². The highest BCUT2D eigenvalue weighted by Crippen LogP contribution is 2.22. The van der Waals surface area contributed by atoms with Crippen molar-refractivity contribution in [2.24, 2.45) is 0 Å². The second kappa shape index (κ2) is 6.60. The molecule has 0 unspecified atom stereocenters. The zero-order valence-corrected chi connectivity index (χ0v) is 12.7. The van der Waals surface area contributed by atoms with Gasteiger partial charge in [-0.25, -0.2) is 4.79 Å². The molecule has 1 aromatic carbocycles. The SMILES string of the molecule is CNC(=O)c1cc(NCc2cc(C(=O)O)cs2)ccc1Cl. The Hall–Kier alpha value is -2.05. The molecule has 0 atom stereocenters. The minimum Gasteiger partial charge on any atom is -0.478 e. The summed E-state index contributed by atoms with van der Waals surface area (Å²) in [5, 5.41) is 16.5. The quantitative estimate of drug-likeness (QED) is 0.789. The summed E-state index contributed by atoms with van der Waals surface area (Å²) in [6.45, 7) is 0.479. The van der Waals surface area contributed by atoms with Gasteiger partial charge in [-0.1, -0.05) is 11.6 Å². The van der Waals surface area contributed by atoms with E-state index in [0.717, 1.165) is 10.6 Å². The number of rotatable bonds is 5. The first kappa shape index (κ1) is 15.3. The molecule has 0 aliphatic rings. The molecule has 2 rings (SSSR count). The maximum absolute atomic E-state index is 11.7. The molecule has 0 bridgehead atoms. The van der Waals surface area contributed by atoms with E-state index in [2.05, 4.69) is 10.6 Å². The van der Waals surface area contributed by atoms with Gasteiger partial charge >= 0.3 is 5.97 Å². The molecule has 0 aliphatic carbocycles. The number of amides is 1. The lowest BCUT2D eigenvalue weighted by molar-refractivity contribution is 0.0697. The third-order valence-electron chi connectivity index (χ3n) is 2.81. The molecular weight excluding hydrogens is 312 g/mol. The number of anilines is 1. The number of hydrogen-bond acceptors (Lipinski definition) is 4. The first-order valence-electron chi connectivity index (χ1n) is 6.07. The molecule has 7 heteroatoms. The number of halogens is 1. The Morgan fingerprint density at radius 2 is 2.10 bits per heavy atom. The molecule has 2 aromatic rings. The van der Waals surface area contributed by atoms with Crippen LogP contribution in [0.5, 0.6) is 0 Å². The topological polar surface area (TPSA) is 78.4 Å². The molecule has 0 fully saturated rings. The van der Waals surface area contributed by atoms with Crippen molar-refractivity contribution in [3.63, 3.8) is 0 Å². The van der Waals surface area contributed by atoms with Gasteiger partial charge in [-0.05, 0) is 24.3 Å². The molecule has 1 heterocycles. The number of carbonyl (C=O) groups is 2. The number of carboxylic acids is 1. The van der Waals surface area contributed by atoms with Crippen LogP contribution in [0.4, 0.5) is 5.69 Å². The maximum atomic E-state index is 11.7. The summed E-state index contributed by atoms with van der Waals surface area (Å²) in [6, 6.07) is 6.69. The van der Waals surface area contributed by atoms with Gasteiger partial charge in [0.25, 0.3) is 5.91 Å². The van der Waals surface area contributed by atoms with Gasteiger partial charge in [0, 0.05) is 29.5 Å². The highest BCUT2D eigenvalue weighted by molar-refractivity contribution is 7.10. The summed E-state index contributed by atoms with van der Waals surface area (Å²) >= 11 is 7.34. The van der Waals surface area contributed by atoms with Crippen LogP contribution in [-0.4, -0.2) is 24.0 Å². The average molecular weight is 325 g/mol. The van der Waals surface area contributed by atoms with Crippen molar-refractivity contribution in [3.05, 3.63) is 50.7 Å². The van der Waals surface area contributed by atoms with Crippen LogP contribution in [0.25, 0.3) is 0 Å². The van der Waals surface area contributed by atoms with Gasteiger partial charge in [0.05, 0.1) is 16.1 Å². The van der Waals surface area contributed by atoms with E-state index < -0.39 is 5.97 Å². The molecule has 1 aromatic heterocycles. The van der Waals surface area contributed by atoms with Crippen molar-refractivity contribution in [1.82, 2.24) is 5.32 Å². The van der Waals surface area contributed by atoms with Crippen LogP contribution in [-0.2, 0) is 6.54 Å². The summed E-state index contributed by atoms with van der Waals surface area (Å²) in [4.78, 5) is 23.4. The Bertz CT molecular complexity index is 685. The summed E-state index contributed by atoms with van der Waals surface area (Å²) in [7, 11) is 1.54. The van der Waals surface area contributed by atoms with E-state index in [1.165, 1.54) is 18.4 Å². The molecular formula is C14H13ClN2O3S. The van der Waals surface area contributed by atoms with Crippen LogP contribution in [0, 0.1) is 0 Å². The molecule has 0 saturated heterocycles. The van der Waals surface area contributed by atoms with Gasteiger partial charge in [0.2, 0.25) is 0 Å². The second-order valence-corrected chi connectivity index (χ2v) is 5.64. The first-order valence-corrected chi connectivity index (χ1v) is 7.33. The maximum Gasteiger partial charge on any atom is 0.336 e. The Labute approximate surface area is 130 Å².